The second-order valence-electron chi connectivity index (χ2n) is 3.75. The lowest BCUT2D eigenvalue weighted by Gasteiger charge is -2.14. The minimum absolute atomic E-state index is 0.0434. The van der Waals surface area contributed by atoms with Crippen LogP contribution < -0.4 is 5.32 Å². The third-order valence-electron chi connectivity index (χ3n) is 2.28. The maximum absolute atomic E-state index is 11.3. The number of halogens is 1. The molecule has 0 aromatic heterocycles. The number of rotatable bonds is 6. The zero-order chi connectivity index (χ0) is 14.3. The molecule has 1 aromatic rings. The Kier molecular flexibility index (Phi) is 6.34. The number of ether oxygens (including phenoxy) is 1. The maximum atomic E-state index is 11.3. The van der Waals surface area contributed by atoms with Gasteiger partial charge in [0.25, 0.3) is 0 Å². The van der Waals surface area contributed by atoms with E-state index in [4.69, 9.17) is 9.84 Å². The van der Waals surface area contributed by atoms with Crippen LogP contribution in [0.1, 0.15) is 5.56 Å². The van der Waals surface area contributed by atoms with Crippen LogP contribution in [-0.4, -0.2) is 29.8 Å². The first-order chi connectivity index (χ1) is 9.02. The number of benzene rings is 1. The number of alkyl carbamates (subject to hydrolysis) is 1. The van der Waals surface area contributed by atoms with E-state index in [1.165, 1.54) is 6.08 Å². The van der Waals surface area contributed by atoms with Gasteiger partial charge in [0.2, 0.25) is 0 Å². The van der Waals surface area contributed by atoms with Crippen molar-refractivity contribution < 1.29 is 19.4 Å². The summed E-state index contributed by atoms with van der Waals surface area (Å²) < 4.78 is 5.76. The van der Waals surface area contributed by atoms with Gasteiger partial charge < -0.3 is 15.2 Å². The Labute approximate surface area is 124 Å². The summed E-state index contributed by atoms with van der Waals surface area (Å²) in [6.07, 6.45) is 0.849. The van der Waals surface area contributed by atoms with Crippen molar-refractivity contribution >= 4 is 34.7 Å². The van der Waals surface area contributed by atoms with E-state index in [9.17, 15) is 9.59 Å². The quantitative estimate of drug-likeness (QED) is 0.591. The van der Waals surface area contributed by atoms with E-state index in [0.717, 1.165) is 9.13 Å². The van der Waals surface area contributed by atoms with Crippen molar-refractivity contribution in [3.8, 4) is 0 Å². The average molecular weight is 375 g/mol. The summed E-state index contributed by atoms with van der Waals surface area (Å²) in [5, 5.41) is 11.4. The third kappa shape index (κ3) is 5.73. The van der Waals surface area contributed by atoms with E-state index in [1.807, 2.05) is 24.3 Å². The number of nitrogens with one attached hydrogen (secondary N) is 1. The Morgan fingerprint density at radius 2 is 2.05 bits per heavy atom. The SMILES string of the molecule is C=CCOC(=O)NC(Cc1ccc(I)cc1)C(=O)O. The van der Waals surface area contributed by atoms with E-state index in [2.05, 4.69) is 34.5 Å². The van der Waals surface area contributed by atoms with Crippen LogP contribution in [0, 0.1) is 3.57 Å². The molecule has 1 rings (SSSR count). The first-order valence-corrected chi connectivity index (χ1v) is 6.62. The Bertz CT molecular complexity index is 458. The monoisotopic (exact) mass is 375 g/mol. The molecule has 0 bridgehead atoms. The summed E-state index contributed by atoms with van der Waals surface area (Å²) in [7, 11) is 0. The van der Waals surface area contributed by atoms with Crippen molar-refractivity contribution in [2.45, 2.75) is 12.5 Å². The molecule has 1 amide bonds. The number of carboxylic acid groups (broad SMARTS) is 1. The van der Waals surface area contributed by atoms with E-state index < -0.39 is 18.1 Å². The van der Waals surface area contributed by atoms with Crippen LogP contribution in [0.5, 0.6) is 0 Å². The van der Waals surface area contributed by atoms with Crippen LogP contribution in [0.2, 0.25) is 0 Å². The standard InChI is InChI=1S/C13H14INO4/c1-2-7-19-13(18)15-11(12(16)17)8-9-3-5-10(14)6-4-9/h2-6,11H,1,7-8H2,(H,15,18)(H,16,17). The molecule has 0 saturated carbocycles. The maximum Gasteiger partial charge on any atom is 0.408 e. The fraction of sp³-hybridized carbons (Fsp3) is 0.231. The van der Waals surface area contributed by atoms with Gasteiger partial charge in [-0.05, 0) is 40.3 Å². The van der Waals surface area contributed by atoms with Crippen molar-refractivity contribution in [1.82, 2.24) is 5.32 Å². The van der Waals surface area contributed by atoms with Crippen LogP contribution in [0.15, 0.2) is 36.9 Å². The molecule has 2 N–H and O–H groups in total. The average Bonchev–Trinajstić information content (AvgIpc) is 2.38. The summed E-state index contributed by atoms with van der Waals surface area (Å²) >= 11 is 2.16. The lowest BCUT2D eigenvalue weighted by molar-refractivity contribution is -0.139. The summed E-state index contributed by atoms with van der Waals surface area (Å²) in [5.74, 6) is -1.10. The van der Waals surface area contributed by atoms with Crippen molar-refractivity contribution in [1.29, 1.82) is 0 Å². The zero-order valence-electron chi connectivity index (χ0n) is 10.1. The van der Waals surface area contributed by atoms with Gasteiger partial charge in [0.05, 0.1) is 0 Å². The zero-order valence-corrected chi connectivity index (χ0v) is 12.3. The highest BCUT2D eigenvalue weighted by atomic mass is 127. The lowest BCUT2D eigenvalue weighted by atomic mass is 10.1. The molecule has 0 spiro atoms. The number of carboxylic acids is 1. The highest BCUT2D eigenvalue weighted by Gasteiger charge is 2.20. The van der Waals surface area contributed by atoms with Gasteiger partial charge in [-0.15, -0.1) is 0 Å². The van der Waals surface area contributed by atoms with Crippen LogP contribution >= 0.6 is 22.6 Å². The summed E-state index contributed by atoms with van der Waals surface area (Å²) in [6.45, 7) is 3.44. The number of aliphatic carboxylic acids is 1. The van der Waals surface area contributed by atoms with Gasteiger partial charge in [-0.3, -0.25) is 0 Å². The number of hydrogen-bond acceptors (Lipinski definition) is 3. The van der Waals surface area contributed by atoms with Crippen LogP contribution in [0.3, 0.4) is 0 Å². The molecular formula is C13H14INO4. The molecule has 0 aliphatic heterocycles. The van der Waals surface area contributed by atoms with E-state index in [-0.39, 0.29) is 13.0 Å². The molecule has 5 nitrogen and oxygen atoms in total. The number of amides is 1. The highest BCUT2D eigenvalue weighted by molar-refractivity contribution is 14.1. The second kappa shape index (κ2) is 7.78. The normalized spacial score (nSPS) is 11.4. The van der Waals surface area contributed by atoms with Crippen molar-refractivity contribution in [2.24, 2.45) is 0 Å². The molecule has 0 fully saturated rings. The van der Waals surface area contributed by atoms with Gasteiger partial charge in [0.15, 0.2) is 0 Å². The van der Waals surface area contributed by atoms with Gasteiger partial charge >= 0.3 is 12.1 Å². The second-order valence-corrected chi connectivity index (χ2v) is 5.00. The molecule has 1 atom stereocenters. The van der Waals surface area contributed by atoms with Gasteiger partial charge in [0, 0.05) is 9.99 Å². The molecule has 6 heteroatoms. The van der Waals surface area contributed by atoms with Crippen molar-refractivity contribution in [2.75, 3.05) is 6.61 Å². The molecule has 19 heavy (non-hydrogen) atoms. The van der Waals surface area contributed by atoms with Crippen molar-refractivity contribution in [3.05, 3.63) is 46.1 Å². The molecule has 102 valence electrons. The minimum atomic E-state index is -1.10. The smallest absolute Gasteiger partial charge is 0.408 e. The summed E-state index contributed by atoms with van der Waals surface area (Å²) in [5.41, 5.74) is 0.830. The molecule has 0 aliphatic carbocycles. The highest BCUT2D eigenvalue weighted by Crippen LogP contribution is 2.09. The molecule has 1 aromatic carbocycles. The van der Waals surface area contributed by atoms with Gasteiger partial charge in [-0.2, -0.15) is 0 Å². The largest absolute Gasteiger partial charge is 0.480 e. The third-order valence-corrected chi connectivity index (χ3v) is 2.99. The van der Waals surface area contributed by atoms with Crippen LogP contribution in [-0.2, 0) is 16.0 Å². The first-order valence-electron chi connectivity index (χ1n) is 5.54. The fourth-order valence-electron chi connectivity index (χ4n) is 1.37. The molecule has 0 heterocycles. The Balaban J connectivity index is 2.62. The van der Waals surface area contributed by atoms with Gasteiger partial charge in [-0.25, -0.2) is 9.59 Å². The van der Waals surface area contributed by atoms with Gasteiger partial charge in [0.1, 0.15) is 12.6 Å². The van der Waals surface area contributed by atoms with Crippen LogP contribution in [0.4, 0.5) is 4.79 Å². The topological polar surface area (TPSA) is 75.6 Å². The Morgan fingerprint density at radius 3 is 2.58 bits per heavy atom. The van der Waals surface area contributed by atoms with E-state index >= 15 is 0 Å². The lowest BCUT2D eigenvalue weighted by Crippen LogP contribution is -2.42. The first kappa shape index (κ1) is 15.5. The predicted molar refractivity (Wildman–Crippen MR) is 79.0 cm³/mol. The summed E-state index contributed by atoms with van der Waals surface area (Å²) in [4.78, 5) is 22.4. The number of carbonyl (C=O) groups excluding carboxylic acids is 1. The molecule has 0 aliphatic rings. The molecule has 0 radical (unpaired) electrons. The molecule has 0 saturated heterocycles. The Morgan fingerprint density at radius 1 is 1.42 bits per heavy atom. The Hall–Kier alpha value is -1.57. The summed E-state index contributed by atoms with van der Waals surface area (Å²) in [6, 6.07) is 6.40. The molecule has 1 unspecified atom stereocenters. The predicted octanol–water partition coefficient (Wildman–Crippen LogP) is 2.20. The van der Waals surface area contributed by atoms with Crippen molar-refractivity contribution in [3.63, 3.8) is 0 Å². The van der Waals surface area contributed by atoms with Gasteiger partial charge in [-0.1, -0.05) is 24.8 Å². The van der Waals surface area contributed by atoms with E-state index in [0.29, 0.717) is 0 Å². The fourth-order valence-corrected chi connectivity index (χ4v) is 1.73. The minimum Gasteiger partial charge on any atom is -0.480 e. The van der Waals surface area contributed by atoms with Crippen LogP contribution in [0.25, 0.3) is 0 Å². The van der Waals surface area contributed by atoms with E-state index in [1.54, 1.807) is 0 Å². The molecular weight excluding hydrogens is 361 g/mol. The number of carbonyl (C=O) groups is 2. The number of hydrogen-bond donors (Lipinski definition) is 2.